The van der Waals surface area contributed by atoms with Gasteiger partial charge in [-0.3, -0.25) is 19.5 Å². The minimum Gasteiger partial charge on any atom is -0.350 e. The van der Waals surface area contributed by atoms with Gasteiger partial charge >= 0.3 is 0 Å². The molecule has 6 nitrogen and oxygen atoms in total. The van der Waals surface area contributed by atoms with E-state index in [1.165, 1.54) is 18.2 Å². The molecule has 0 saturated heterocycles. The van der Waals surface area contributed by atoms with Gasteiger partial charge in [0.2, 0.25) is 11.7 Å². The third kappa shape index (κ3) is 2.81. The molecule has 4 aromatic rings. The fourth-order valence-corrected chi connectivity index (χ4v) is 3.21. The molecule has 2 heterocycles. The SMILES string of the molecule is O=c1[nH]n(C(F)c2cc(F)c(F)c(F)c2F)c(=O)c2c(=O)c3ccc(Cl)cc3[nH]c12. The number of benzene rings is 2. The molecule has 0 aliphatic heterocycles. The first-order valence-corrected chi connectivity index (χ1v) is 8.46. The van der Waals surface area contributed by atoms with Crippen molar-refractivity contribution in [3.63, 3.8) is 0 Å². The van der Waals surface area contributed by atoms with E-state index in [9.17, 15) is 36.3 Å². The van der Waals surface area contributed by atoms with E-state index in [0.717, 1.165) is 0 Å². The van der Waals surface area contributed by atoms with Crippen LogP contribution in [0.3, 0.4) is 0 Å². The van der Waals surface area contributed by atoms with E-state index < -0.39 is 62.6 Å². The molecular weight excluding hydrogens is 437 g/mol. The lowest BCUT2D eigenvalue weighted by molar-refractivity contribution is 0.247. The van der Waals surface area contributed by atoms with E-state index >= 15 is 0 Å². The summed E-state index contributed by atoms with van der Waals surface area (Å²) in [4.78, 5) is 40.3. The van der Waals surface area contributed by atoms with E-state index in [0.29, 0.717) is 0 Å². The van der Waals surface area contributed by atoms with Crippen LogP contribution in [0.25, 0.3) is 21.8 Å². The zero-order chi connectivity index (χ0) is 21.9. The van der Waals surface area contributed by atoms with Gasteiger partial charge in [-0.15, -0.1) is 0 Å². The van der Waals surface area contributed by atoms with Crippen molar-refractivity contribution in [2.24, 2.45) is 0 Å². The molecule has 1 atom stereocenters. The van der Waals surface area contributed by atoms with Gasteiger partial charge < -0.3 is 4.98 Å². The quantitative estimate of drug-likeness (QED) is 0.216. The molecule has 0 bridgehead atoms. The van der Waals surface area contributed by atoms with Crippen molar-refractivity contribution in [1.29, 1.82) is 0 Å². The largest absolute Gasteiger partial charge is 0.350 e. The summed E-state index contributed by atoms with van der Waals surface area (Å²) >= 11 is 5.83. The lowest BCUT2D eigenvalue weighted by atomic mass is 10.1. The Labute approximate surface area is 166 Å². The van der Waals surface area contributed by atoms with Gasteiger partial charge in [0.25, 0.3) is 11.1 Å². The van der Waals surface area contributed by atoms with Crippen LogP contribution in [0.4, 0.5) is 22.0 Å². The van der Waals surface area contributed by atoms with Crippen LogP contribution < -0.4 is 16.5 Å². The number of alkyl halides is 1. The van der Waals surface area contributed by atoms with E-state index in [1.807, 2.05) is 0 Å². The van der Waals surface area contributed by atoms with Gasteiger partial charge in [0, 0.05) is 10.4 Å². The topological polar surface area (TPSA) is 87.7 Å². The van der Waals surface area contributed by atoms with Gasteiger partial charge in [-0.1, -0.05) is 11.6 Å². The molecule has 1 unspecified atom stereocenters. The molecule has 4 rings (SSSR count). The lowest BCUT2D eigenvalue weighted by Crippen LogP contribution is -2.35. The van der Waals surface area contributed by atoms with Crippen LogP contribution >= 0.6 is 11.6 Å². The molecule has 0 fully saturated rings. The number of halogens is 6. The number of nitrogens with one attached hydrogen (secondary N) is 2. The number of hydrogen-bond acceptors (Lipinski definition) is 3. The fourth-order valence-electron chi connectivity index (χ4n) is 3.04. The highest BCUT2D eigenvalue weighted by molar-refractivity contribution is 6.31. The average molecular weight is 444 g/mol. The summed E-state index contributed by atoms with van der Waals surface area (Å²) in [5.41, 5.74) is -5.32. The number of nitrogens with zero attached hydrogens (tertiary/aromatic N) is 1. The zero-order valence-corrected chi connectivity index (χ0v) is 15.1. The van der Waals surface area contributed by atoms with Crippen LogP contribution in [0, 0.1) is 23.3 Å². The second-order valence-electron chi connectivity index (χ2n) is 6.24. The standard InChI is InChI=1S/C18H7ClF5N3O3/c19-5-1-2-6-9(3-5)25-14-10(15(6)28)18(30)27(26-17(14)29)16(24)7-4-8(20)12(22)13(23)11(7)21/h1-4,16H,(H,25,28)(H,26,29). The highest BCUT2D eigenvalue weighted by Gasteiger charge is 2.27. The van der Waals surface area contributed by atoms with Gasteiger partial charge in [-0.25, -0.2) is 26.6 Å². The fraction of sp³-hybridized carbons (Fsp3) is 0.0556. The minimum absolute atomic E-state index is 0.0000105. The van der Waals surface area contributed by atoms with Crippen LogP contribution in [0.15, 0.2) is 38.6 Å². The summed E-state index contributed by atoms with van der Waals surface area (Å²) < 4.78 is 68.7. The summed E-state index contributed by atoms with van der Waals surface area (Å²) in [5.74, 6) is -8.49. The predicted octanol–water partition coefficient (Wildman–Crippen LogP) is 3.26. The minimum atomic E-state index is -2.97. The van der Waals surface area contributed by atoms with Crippen molar-refractivity contribution in [3.05, 3.63) is 89.1 Å². The Balaban J connectivity index is 2.06. The van der Waals surface area contributed by atoms with Crippen LogP contribution in [-0.2, 0) is 0 Å². The van der Waals surface area contributed by atoms with Crippen molar-refractivity contribution < 1.29 is 22.0 Å². The third-order valence-electron chi connectivity index (χ3n) is 4.46. The molecule has 12 heteroatoms. The van der Waals surface area contributed by atoms with Gasteiger partial charge in [0.1, 0.15) is 10.9 Å². The maximum atomic E-state index is 14.9. The van der Waals surface area contributed by atoms with Gasteiger partial charge in [-0.05, 0) is 24.3 Å². The third-order valence-corrected chi connectivity index (χ3v) is 4.69. The smallest absolute Gasteiger partial charge is 0.287 e. The van der Waals surface area contributed by atoms with E-state index in [-0.39, 0.29) is 26.7 Å². The number of fused-ring (bicyclic) bond motifs is 2. The molecule has 154 valence electrons. The zero-order valence-electron chi connectivity index (χ0n) is 14.3. The second kappa shape index (κ2) is 6.80. The van der Waals surface area contributed by atoms with Crippen LogP contribution in [0.2, 0.25) is 5.02 Å². The van der Waals surface area contributed by atoms with Crippen molar-refractivity contribution >= 4 is 33.4 Å². The average Bonchev–Trinajstić information content (AvgIpc) is 2.71. The summed E-state index contributed by atoms with van der Waals surface area (Å²) in [6.45, 7) is 0. The monoisotopic (exact) mass is 443 g/mol. The first kappa shape index (κ1) is 19.8. The van der Waals surface area contributed by atoms with Crippen molar-refractivity contribution in [2.45, 2.75) is 6.30 Å². The first-order chi connectivity index (χ1) is 14.1. The molecule has 0 amide bonds. The first-order valence-electron chi connectivity index (χ1n) is 8.08. The van der Waals surface area contributed by atoms with Gasteiger partial charge in [0.05, 0.1) is 11.1 Å². The van der Waals surface area contributed by atoms with Gasteiger partial charge in [0.15, 0.2) is 23.3 Å². The van der Waals surface area contributed by atoms with Gasteiger partial charge in [-0.2, -0.15) is 0 Å². The molecule has 30 heavy (non-hydrogen) atoms. The molecule has 0 radical (unpaired) electrons. The lowest BCUT2D eigenvalue weighted by Gasteiger charge is -2.14. The number of aromatic amines is 2. The Morgan fingerprint density at radius 2 is 1.67 bits per heavy atom. The molecule has 0 aliphatic carbocycles. The summed E-state index contributed by atoms with van der Waals surface area (Å²) in [7, 11) is 0. The summed E-state index contributed by atoms with van der Waals surface area (Å²) in [6.07, 6.45) is -2.97. The molecular formula is C18H7ClF5N3O3. The van der Waals surface area contributed by atoms with Crippen molar-refractivity contribution in [3.8, 4) is 0 Å². The molecule has 2 aromatic heterocycles. The van der Waals surface area contributed by atoms with Crippen LogP contribution in [-0.4, -0.2) is 14.8 Å². The Morgan fingerprint density at radius 3 is 2.37 bits per heavy atom. The number of pyridine rings is 1. The Kier molecular flexibility index (Phi) is 4.49. The van der Waals surface area contributed by atoms with Crippen LogP contribution in [0.5, 0.6) is 0 Å². The number of H-pyrrole nitrogens is 2. The molecule has 2 N–H and O–H groups in total. The summed E-state index contributed by atoms with van der Waals surface area (Å²) in [5, 5.41) is 1.16. The maximum Gasteiger partial charge on any atom is 0.287 e. The Hall–Kier alpha value is -3.47. The second-order valence-corrected chi connectivity index (χ2v) is 6.67. The molecule has 2 aromatic carbocycles. The maximum absolute atomic E-state index is 14.9. The Bertz CT molecular complexity index is 1540. The highest BCUT2D eigenvalue weighted by atomic mass is 35.5. The number of rotatable bonds is 2. The predicted molar refractivity (Wildman–Crippen MR) is 97.5 cm³/mol. The number of hydrogen-bond donors (Lipinski definition) is 2. The number of aromatic nitrogens is 3. The van der Waals surface area contributed by atoms with Crippen LogP contribution in [0.1, 0.15) is 11.9 Å². The molecule has 0 aliphatic rings. The highest BCUT2D eigenvalue weighted by Crippen LogP contribution is 2.26. The molecule has 0 saturated carbocycles. The summed E-state index contributed by atoms with van der Waals surface area (Å²) in [6, 6.07) is 3.92. The van der Waals surface area contributed by atoms with Crippen molar-refractivity contribution in [2.75, 3.05) is 0 Å². The normalized spacial score (nSPS) is 12.6. The van der Waals surface area contributed by atoms with E-state index in [4.69, 9.17) is 11.6 Å². The van der Waals surface area contributed by atoms with E-state index in [2.05, 4.69) is 4.98 Å². The van der Waals surface area contributed by atoms with Crippen molar-refractivity contribution in [1.82, 2.24) is 14.8 Å². The molecule has 0 spiro atoms. The van der Waals surface area contributed by atoms with E-state index in [1.54, 1.807) is 5.10 Å². The Morgan fingerprint density at radius 1 is 0.967 bits per heavy atom.